The van der Waals surface area contributed by atoms with Gasteiger partial charge in [-0.05, 0) is 29.7 Å². The van der Waals surface area contributed by atoms with Crippen LogP contribution in [0.3, 0.4) is 0 Å². The Balaban J connectivity index is 0.000000461. The lowest BCUT2D eigenvalue weighted by Gasteiger charge is -1.96. The quantitative estimate of drug-likeness (QED) is 0.673. The van der Waals surface area contributed by atoms with Gasteiger partial charge in [-0.1, -0.05) is 27.7 Å². The molecule has 0 N–H and O–H groups in total. The van der Waals surface area contributed by atoms with Gasteiger partial charge in [-0.2, -0.15) is 5.10 Å². The van der Waals surface area contributed by atoms with Crippen molar-refractivity contribution < 1.29 is 0 Å². The summed E-state index contributed by atoms with van der Waals surface area (Å²) in [5.41, 5.74) is 2.51. The maximum absolute atomic E-state index is 4.20. The monoisotopic (exact) mass is 190 g/mol. The highest BCUT2D eigenvalue weighted by Crippen LogP contribution is 2.16. The molecule has 0 atom stereocenters. The van der Waals surface area contributed by atoms with Crippen molar-refractivity contribution >= 4 is 5.52 Å². The van der Waals surface area contributed by atoms with E-state index in [4.69, 9.17) is 0 Å². The number of rotatable bonds is 1. The summed E-state index contributed by atoms with van der Waals surface area (Å²) >= 11 is 0. The Kier molecular flexibility index (Phi) is 3.69. The fourth-order valence-electron chi connectivity index (χ4n) is 1.28. The van der Waals surface area contributed by atoms with Crippen LogP contribution in [0.2, 0.25) is 0 Å². The molecule has 0 fully saturated rings. The molecule has 2 nitrogen and oxygen atoms in total. The maximum atomic E-state index is 4.20. The summed E-state index contributed by atoms with van der Waals surface area (Å²) in [5, 5.41) is 4.20. The van der Waals surface area contributed by atoms with E-state index >= 15 is 0 Å². The first-order valence-electron chi connectivity index (χ1n) is 5.20. The van der Waals surface area contributed by atoms with E-state index in [1.807, 2.05) is 24.4 Å². The Morgan fingerprint density at radius 2 is 2.00 bits per heavy atom. The maximum Gasteiger partial charge on any atom is 0.0649 e. The van der Waals surface area contributed by atoms with Gasteiger partial charge < -0.3 is 0 Å². The summed E-state index contributed by atoms with van der Waals surface area (Å²) in [6, 6.07) is 6.20. The van der Waals surface area contributed by atoms with E-state index in [1.54, 1.807) is 6.20 Å². The van der Waals surface area contributed by atoms with E-state index in [-0.39, 0.29) is 0 Å². The van der Waals surface area contributed by atoms with Crippen molar-refractivity contribution in [3.05, 3.63) is 36.2 Å². The molecule has 0 spiro atoms. The predicted molar refractivity (Wildman–Crippen MR) is 60.6 cm³/mol. The zero-order valence-electron chi connectivity index (χ0n) is 9.36. The molecule has 0 radical (unpaired) electrons. The Bertz CT molecular complexity index is 355. The van der Waals surface area contributed by atoms with Gasteiger partial charge >= 0.3 is 0 Å². The van der Waals surface area contributed by atoms with Crippen molar-refractivity contribution in [3.63, 3.8) is 0 Å². The smallest absolute Gasteiger partial charge is 0.0649 e. The second-order valence-corrected chi connectivity index (χ2v) is 3.32. The normalized spacial score (nSPS) is 10.1. The standard InChI is InChI=1S/C10H12N2.C2H6/c1-8(2)9-6-10-4-3-5-11-12(10)7-9;1-2/h3-8H,1-2H3;1-2H3. The third kappa shape index (κ3) is 2.13. The number of fused-ring (bicyclic) bond motifs is 1. The van der Waals surface area contributed by atoms with Gasteiger partial charge in [0.2, 0.25) is 0 Å². The Hall–Kier alpha value is -1.31. The Labute approximate surface area is 85.6 Å². The van der Waals surface area contributed by atoms with Crippen LogP contribution in [0.25, 0.3) is 5.52 Å². The Morgan fingerprint density at radius 3 is 2.57 bits per heavy atom. The molecule has 0 aliphatic carbocycles. The number of hydrogen-bond acceptors (Lipinski definition) is 1. The summed E-state index contributed by atoms with van der Waals surface area (Å²) in [7, 11) is 0. The first kappa shape index (κ1) is 10.8. The first-order valence-corrected chi connectivity index (χ1v) is 5.20. The predicted octanol–water partition coefficient (Wildman–Crippen LogP) is 3.48. The summed E-state index contributed by atoms with van der Waals surface area (Å²) in [6.07, 6.45) is 3.89. The number of nitrogens with zero attached hydrogens (tertiary/aromatic N) is 2. The molecule has 0 aliphatic rings. The van der Waals surface area contributed by atoms with Crippen LogP contribution >= 0.6 is 0 Å². The summed E-state index contributed by atoms with van der Waals surface area (Å²) < 4.78 is 1.91. The third-order valence-electron chi connectivity index (χ3n) is 2.06. The van der Waals surface area contributed by atoms with Gasteiger partial charge in [0.1, 0.15) is 0 Å². The van der Waals surface area contributed by atoms with Gasteiger partial charge in [0.25, 0.3) is 0 Å². The van der Waals surface area contributed by atoms with Gasteiger partial charge in [0.05, 0.1) is 5.52 Å². The lowest BCUT2D eigenvalue weighted by molar-refractivity contribution is 0.852. The highest BCUT2D eigenvalue weighted by atomic mass is 15.2. The highest BCUT2D eigenvalue weighted by Gasteiger charge is 2.02. The molecule has 2 aromatic heterocycles. The average Bonchev–Trinajstić information content (AvgIpc) is 2.64. The molecule has 14 heavy (non-hydrogen) atoms. The van der Waals surface area contributed by atoms with E-state index in [2.05, 4.69) is 37.3 Å². The SMILES string of the molecule is CC.CC(C)c1cc2cccnn2c1. The molecular formula is C12H18N2. The van der Waals surface area contributed by atoms with Crippen molar-refractivity contribution in [2.24, 2.45) is 0 Å². The topological polar surface area (TPSA) is 17.3 Å². The molecule has 2 heteroatoms. The zero-order chi connectivity index (χ0) is 10.6. The third-order valence-corrected chi connectivity index (χ3v) is 2.06. The highest BCUT2D eigenvalue weighted by molar-refractivity contribution is 5.49. The largest absolute Gasteiger partial charge is 0.241 e. The summed E-state index contributed by atoms with van der Waals surface area (Å²) in [5.74, 6) is 0.576. The number of aromatic nitrogens is 2. The molecule has 0 saturated heterocycles. The molecule has 0 bridgehead atoms. The van der Waals surface area contributed by atoms with E-state index < -0.39 is 0 Å². The molecule has 0 unspecified atom stereocenters. The van der Waals surface area contributed by atoms with Crippen LogP contribution in [0.5, 0.6) is 0 Å². The lowest BCUT2D eigenvalue weighted by Crippen LogP contribution is -1.86. The number of hydrogen-bond donors (Lipinski definition) is 0. The van der Waals surface area contributed by atoms with E-state index in [0.29, 0.717) is 5.92 Å². The van der Waals surface area contributed by atoms with Crippen LogP contribution in [0, 0.1) is 0 Å². The van der Waals surface area contributed by atoms with Crippen LogP contribution in [0.15, 0.2) is 30.6 Å². The van der Waals surface area contributed by atoms with Crippen molar-refractivity contribution in [3.8, 4) is 0 Å². The zero-order valence-corrected chi connectivity index (χ0v) is 9.36. The van der Waals surface area contributed by atoms with Gasteiger partial charge in [0, 0.05) is 12.4 Å². The summed E-state index contributed by atoms with van der Waals surface area (Å²) in [4.78, 5) is 0. The van der Waals surface area contributed by atoms with Crippen LogP contribution in [-0.4, -0.2) is 9.61 Å². The Morgan fingerprint density at radius 1 is 1.29 bits per heavy atom. The van der Waals surface area contributed by atoms with E-state index in [9.17, 15) is 0 Å². The van der Waals surface area contributed by atoms with Crippen LogP contribution in [0.4, 0.5) is 0 Å². The van der Waals surface area contributed by atoms with Crippen LogP contribution in [-0.2, 0) is 0 Å². The molecule has 2 heterocycles. The van der Waals surface area contributed by atoms with Crippen molar-refractivity contribution in [1.29, 1.82) is 0 Å². The molecule has 0 saturated carbocycles. The minimum atomic E-state index is 0.576. The molecular weight excluding hydrogens is 172 g/mol. The molecule has 76 valence electrons. The molecule has 2 aromatic rings. The van der Waals surface area contributed by atoms with Gasteiger partial charge in [-0.3, -0.25) is 0 Å². The second-order valence-electron chi connectivity index (χ2n) is 3.32. The minimum absolute atomic E-state index is 0.576. The van der Waals surface area contributed by atoms with Gasteiger partial charge in [0.15, 0.2) is 0 Å². The van der Waals surface area contributed by atoms with E-state index in [0.717, 1.165) is 0 Å². The minimum Gasteiger partial charge on any atom is -0.241 e. The summed E-state index contributed by atoms with van der Waals surface area (Å²) in [6.45, 7) is 8.38. The fraction of sp³-hybridized carbons (Fsp3) is 0.417. The van der Waals surface area contributed by atoms with E-state index in [1.165, 1.54) is 11.1 Å². The lowest BCUT2D eigenvalue weighted by atomic mass is 10.1. The van der Waals surface area contributed by atoms with Crippen LogP contribution in [0.1, 0.15) is 39.2 Å². The van der Waals surface area contributed by atoms with Gasteiger partial charge in [-0.25, -0.2) is 4.52 Å². The van der Waals surface area contributed by atoms with Crippen LogP contribution < -0.4 is 0 Å². The molecule has 2 rings (SSSR count). The van der Waals surface area contributed by atoms with Gasteiger partial charge in [-0.15, -0.1) is 0 Å². The van der Waals surface area contributed by atoms with Crippen molar-refractivity contribution in [2.45, 2.75) is 33.6 Å². The van der Waals surface area contributed by atoms with Crippen molar-refractivity contribution in [2.75, 3.05) is 0 Å². The average molecular weight is 190 g/mol. The molecule has 0 aromatic carbocycles. The molecule has 0 amide bonds. The van der Waals surface area contributed by atoms with Crippen molar-refractivity contribution in [1.82, 2.24) is 9.61 Å². The molecule has 0 aliphatic heterocycles. The fourth-order valence-corrected chi connectivity index (χ4v) is 1.28. The second kappa shape index (κ2) is 4.80. The first-order chi connectivity index (χ1) is 6.77.